The minimum Gasteiger partial charge on any atom is -0.465 e. The molecule has 96 valence electrons. The Bertz CT molecular complexity index is 389. The van der Waals surface area contributed by atoms with Crippen LogP contribution in [0.2, 0.25) is 5.02 Å². The maximum atomic E-state index is 11.4. The van der Waals surface area contributed by atoms with Crippen molar-refractivity contribution in [1.29, 1.82) is 0 Å². The number of carbonyl (C=O) groups excluding carboxylic acids is 1. The van der Waals surface area contributed by atoms with Gasteiger partial charge in [0.25, 0.3) is 0 Å². The highest BCUT2D eigenvalue weighted by molar-refractivity contribution is 6.32. The number of carbonyl (C=O) groups is 1. The van der Waals surface area contributed by atoms with Crippen LogP contribution in [0.3, 0.4) is 0 Å². The molecule has 0 amide bonds. The van der Waals surface area contributed by atoms with Gasteiger partial charge in [-0.05, 0) is 24.6 Å². The Hall–Kier alpha value is -1.22. The molecule has 0 heterocycles. The summed E-state index contributed by atoms with van der Waals surface area (Å²) in [6, 6.07) is 3.39. The minimum atomic E-state index is -0.375. The molecule has 0 aliphatic carbocycles. The summed E-state index contributed by atoms with van der Waals surface area (Å²) in [5.74, 6) is -0.375. The molecular weight excluding hydrogens is 238 g/mol. The molecule has 0 fully saturated rings. The molecule has 3 nitrogen and oxygen atoms in total. The Balaban J connectivity index is 0.00000121. The van der Waals surface area contributed by atoms with Crippen LogP contribution in [0, 0.1) is 6.92 Å². The highest BCUT2D eigenvalue weighted by atomic mass is 35.5. The van der Waals surface area contributed by atoms with Gasteiger partial charge < -0.3 is 9.64 Å². The zero-order valence-electron chi connectivity index (χ0n) is 11.3. The minimum absolute atomic E-state index is 0.375. The van der Waals surface area contributed by atoms with Gasteiger partial charge in [0.2, 0.25) is 0 Å². The number of esters is 1. The first-order valence-electron chi connectivity index (χ1n) is 5.53. The topological polar surface area (TPSA) is 29.5 Å². The highest BCUT2D eigenvalue weighted by Gasteiger charge is 2.12. The smallest absolute Gasteiger partial charge is 0.337 e. The van der Waals surface area contributed by atoms with E-state index in [1.165, 1.54) is 7.11 Å². The first-order valence-corrected chi connectivity index (χ1v) is 5.91. The van der Waals surface area contributed by atoms with E-state index in [0.29, 0.717) is 10.6 Å². The van der Waals surface area contributed by atoms with Crippen LogP contribution in [-0.2, 0) is 4.74 Å². The second-order valence-electron chi connectivity index (χ2n) is 3.49. The van der Waals surface area contributed by atoms with Crippen LogP contribution in [0.4, 0.5) is 5.69 Å². The standard InChI is InChI=1S/C11H14ClNO2.C2H6/c1-7-9(12)5-8(11(14)15-4)6-10(7)13(2)3;1-2/h5-6H,1-4H3;1-2H3. The molecule has 1 rings (SSSR count). The number of hydrogen-bond donors (Lipinski definition) is 0. The summed E-state index contributed by atoms with van der Waals surface area (Å²) in [4.78, 5) is 13.3. The number of nitrogens with zero attached hydrogens (tertiary/aromatic N) is 1. The van der Waals surface area contributed by atoms with E-state index in [1.54, 1.807) is 12.1 Å². The number of benzene rings is 1. The molecule has 0 spiro atoms. The Morgan fingerprint density at radius 3 is 2.24 bits per heavy atom. The number of methoxy groups -OCH3 is 1. The molecule has 4 heteroatoms. The number of rotatable bonds is 2. The lowest BCUT2D eigenvalue weighted by molar-refractivity contribution is 0.0601. The SMILES string of the molecule is CC.COC(=O)c1cc(Cl)c(C)c(N(C)C)c1. The molecule has 0 N–H and O–H groups in total. The predicted molar refractivity (Wildman–Crippen MR) is 73.2 cm³/mol. The van der Waals surface area contributed by atoms with E-state index < -0.39 is 0 Å². The first kappa shape index (κ1) is 15.8. The van der Waals surface area contributed by atoms with Crippen LogP contribution in [0.25, 0.3) is 0 Å². The van der Waals surface area contributed by atoms with Crippen molar-refractivity contribution >= 4 is 23.3 Å². The van der Waals surface area contributed by atoms with Crippen molar-refractivity contribution < 1.29 is 9.53 Å². The van der Waals surface area contributed by atoms with Crippen LogP contribution in [0.15, 0.2) is 12.1 Å². The van der Waals surface area contributed by atoms with Crippen LogP contribution in [0.5, 0.6) is 0 Å². The van der Waals surface area contributed by atoms with Gasteiger partial charge in [0.05, 0.1) is 12.7 Å². The summed E-state index contributed by atoms with van der Waals surface area (Å²) in [5, 5.41) is 0.571. The second-order valence-corrected chi connectivity index (χ2v) is 3.90. The molecular formula is C13H20ClNO2. The fourth-order valence-electron chi connectivity index (χ4n) is 1.36. The van der Waals surface area contributed by atoms with E-state index in [2.05, 4.69) is 4.74 Å². The summed E-state index contributed by atoms with van der Waals surface area (Å²) in [5.41, 5.74) is 2.34. The molecule has 1 aromatic carbocycles. The van der Waals surface area contributed by atoms with E-state index in [0.717, 1.165) is 11.3 Å². The molecule has 1 aromatic rings. The van der Waals surface area contributed by atoms with E-state index in [-0.39, 0.29) is 5.97 Å². The van der Waals surface area contributed by atoms with Gasteiger partial charge in [-0.1, -0.05) is 25.4 Å². The number of ether oxygens (including phenoxy) is 1. The zero-order chi connectivity index (χ0) is 13.6. The van der Waals surface area contributed by atoms with Crippen LogP contribution in [0.1, 0.15) is 29.8 Å². The summed E-state index contributed by atoms with van der Waals surface area (Å²) < 4.78 is 4.65. The van der Waals surface area contributed by atoms with Crippen molar-refractivity contribution in [1.82, 2.24) is 0 Å². The number of halogens is 1. The van der Waals surface area contributed by atoms with Crippen LogP contribution in [-0.4, -0.2) is 27.2 Å². The molecule has 17 heavy (non-hydrogen) atoms. The van der Waals surface area contributed by atoms with Gasteiger partial charge in [-0.2, -0.15) is 0 Å². The lowest BCUT2D eigenvalue weighted by Crippen LogP contribution is -2.12. The fraction of sp³-hybridized carbons (Fsp3) is 0.462. The monoisotopic (exact) mass is 257 g/mol. The van der Waals surface area contributed by atoms with E-state index in [4.69, 9.17) is 11.6 Å². The molecule has 0 aliphatic rings. The normalized spacial score (nSPS) is 9.12. The maximum Gasteiger partial charge on any atom is 0.337 e. The van der Waals surface area contributed by atoms with Gasteiger partial charge in [0.15, 0.2) is 0 Å². The van der Waals surface area contributed by atoms with Gasteiger partial charge in [0.1, 0.15) is 0 Å². The van der Waals surface area contributed by atoms with Crippen LogP contribution < -0.4 is 4.90 Å². The second kappa shape index (κ2) is 7.17. The van der Waals surface area contributed by atoms with Crippen molar-refractivity contribution in [2.45, 2.75) is 20.8 Å². The Kier molecular flexibility index (Phi) is 6.66. The summed E-state index contributed by atoms with van der Waals surface area (Å²) in [6.45, 7) is 5.92. The zero-order valence-corrected chi connectivity index (χ0v) is 12.1. The number of hydrogen-bond acceptors (Lipinski definition) is 3. The van der Waals surface area contributed by atoms with Crippen molar-refractivity contribution in [2.75, 3.05) is 26.1 Å². The van der Waals surface area contributed by atoms with E-state index in [9.17, 15) is 4.79 Å². The Morgan fingerprint density at radius 1 is 1.29 bits per heavy atom. The number of anilines is 1. The fourth-order valence-corrected chi connectivity index (χ4v) is 1.58. The molecule has 0 saturated heterocycles. The molecule has 0 unspecified atom stereocenters. The third-order valence-electron chi connectivity index (χ3n) is 2.22. The van der Waals surface area contributed by atoms with Crippen molar-refractivity contribution in [3.05, 3.63) is 28.3 Å². The molecule has 0 aliphatic heterocycles. The summed E-state index contributed by atoms with van der Waals surface area (Å²) in [6.07, 6.45) is 0. The van der Waals surface area contributed by atoms with Gasteiger partial charge >= 0.3 is 5.97 Å². The predicted octanol–water partition coefficient (Wildman–Crippen LogP) is 3.53. The third-order valence-corrected chi connectivity index (χ3v) is 2.61. The average Bonchev–Trinajstić information content (AvgIpc) is 2.33. The molecule has 0 radical (unpaired) electrons. The molecule has 0 aromatic heterocycles. The average molecular weight is 258 g/mol. The van der Waals surface area contributed by atoms with Gasteiger partial charge in [-0.3, -0.25) is 0 Å². The Morgan fingerprint density at radius 2 is 1.82 bits per heavy atom. The lowest BCUT2D eigenvalue weighted by atomic mass is 10.1. The summed E-state index contributed by atoms with van der Waals surface area (Å²) in [7, 11) is 5.16. The van der Waals surface area contributed by atoms with Gasteiger partial charge in [0, 0.05) is 24.8 Å². The maximum absolute atomic E-state index is 11.4. The quantitative estimate of drug-likeness (QED) is 0.759. The third kappa shape index (κ3) is 3.93. The van der Waals surface area contributed by atoms with E-state index in [1.807, 2.05) is 39.8 Å². The van der Waals surface area contributed by atoms with E-state index >= 15 is 0 Å². The molecule has 0 atom stereocenters. The summed E-state index contributed by atoms with van der Waals surface area (Å²) >= 11 is 6.03. The Labute approximate surface area is 108 Å². The van der Waals surface area contributed by atoms with Crippen LogP contribution >= 0.6 is 11.6 Å². The van der Waals surface area contributed by atoms with Gasteiger partial charge in [-0.25, -0.2) is 4.79 Å². The van der Waals surface area contributed by atoms with Gasteiger partial charge in [-0.15, -0.1) is 0 Å². The van der Waals surface area contributed by atoms with Crippen molar-refractivity contribution in [3.8, 4) is 0 Å². The first-order chi connectivity index (χ1) is 7.97. The molecule has 0 bridgehead atoms. The lowest BCUT2D eigenvalue weighted by Gasteiger charge is -2.17. The van der Waals surface area contributed by atoms with Crippen molar-refractivity contribution in [3.63, 3.8) is 0 Å². The molecule has 0 saturated carbocycles. The largest absolute Gasteiger partial charge is 0.465 e. The highest BCUT2D eigenvalue weighted by Crippen LogP contribution is 2.27. The van der Waals surface area contributed by atoms with Crippen molar-refractivity contribution in [2.24, 2.45) is 0 Å².